The molecule has 0 saturated carbocycles. The van der Waals surface area contributed by atoms with E-state index in [9.17, 15) is 26.7 Å². The van der Waals surface area contributed by atoms with Crippen LogP contribution in [0.25, 0.3) is 0 Å². The van der Waals surface area contributed by atoms with Crippen molar-refractivity contribution >= 4 is 31.6 Å². The first-order valence-corrected chi connectivity index (χ1v) is 19.5. The Morgan fingerprint density at radius 3 is 2.16 bits per heavy atom. The van der Waals surface area contributed by atoms with Crippen molar-refractivity contribution in [2.45, 2.75) is 81.9 Å². The second-order valence-corrected chi connectivity index (χ2v) is 16.8. The number of rotatable bonds is 9. The summed E-state index contributed by atoms with van der Waals surface area (Å²) < 4.78 is 69.8. The highest BCUT2D eigenvalue weighted by atomic mass is 32.2. The van der Waals surface area contributed by atoms with Crippen molar-refractivity contribution in [2.75, 3.05) is 38.1 Å². The number of amides is 1. The second kappa shape index (κ2) is 16.5. The fraction of sp³-hybridized carbons (Fsp3) is 0.472. The summed E-state index contributed by atoms with van der Waals surface area (Å²) in [5, 5.41) is 10.2. The van der Waals surface area contributed by atoms with Crippen molar-refractivity contribution in [1.82, 2.24) is 9.21 Å². The van der Waals surface area contributed by atoms with Gasteiger partial charge in [-0.25, -0.2) is 16.8 Å². The number of sulfonamides is 2. The number of likely N-dealkylation sites (N-methyl/N-ethyl adjacent to an activating group) is 1. The van der Waals surface area contributed by atoms with Crippen molar-refractivity contribution < 1.29 is 36.2 Å². The Balaban J connectivity index is 1.67. The molecule has 4 atom stereocenters. The molecule has 0 spiro atoms. The highest BCUT2D eigenvalue weighted by Gasteiger charge is 2.32. The summed E-state index contributed by atoms with van der Waals surface area (Å²) in [5.41, 5.74) is 2.18. The van der Waals surface area contributed by atoms with Crippen molar-refractivity contribution in [1.29, 1.82) is 0 Å². The van der Waals surface area contributed by atoms with Gasteiger partial charge in [0, 0.05) is 38.3 Å². The number of fused-ring (bicyclic) bond motifs is 1. The van der Waals surface area contributed by atoms with E-state index in [0.717, 1.165) is 17.5 Å². The average molecular weight is 716 g/mol. The van der Waals surface area contributed by atoms with Gasteiger partial charge in [0.2, 0.25) is 10.0 Å². The molecule has 0 unspecified atom stereocenters. The lowest BCUT2D eigenvalue weighted by Gasteiger charge is -2.35. The Morgan fingerprint density at radius 2 is 1.55 bits per heavy atom. The molecule has 11 nitrogen and oxygen atoms in total. The van der Waals surface area contributed by atoms with Crippen molar-refractivity contribution in [3.05, 3.63) is 83.4 Å². The molecule has 1 amide bonds. The van der Waals surface area contributed by atoms with Crippen LogP contribution in [0, 0.1) is 19.8 Å². The summed E-state index contributed by atoms with van der Waals surface area (Å²) in [6, 6.07) is 17.1. The van der Waals surface area contributed by atoms with Gasteiger partial charge in [-0.3, -0.25) is 9.52 Å². The summed E-state index contributed by atoms with van der Waals surface area (Å²) in [5.74, 6) is -0.529. The van der Waals surface area contributed by atoms with Crippen LogP contribution in [0.15, 0.2) is 76.5 Å². The smallest absolute Gasteiger partial charge is 0.261 e. The van der Waals surface area contributed by atoms with E-state index in [4.69, 9.17) is 9.47 Å². The highest BCUT2D eigenvalue weighted by Crippen LogP contribution is 2.30. The number of hydrogen-bond acceptors (Lipinski definition) is 8. The third-order valence-corrected chi connectivity index (χ3v) is 12.0. The van der Waals surface area contributed by atoms with Gasteiger partial charge < -0.3 is 19.5 Å². The second-order valence-electron chi connectivity index (χ2n) is 13.0. The normalized spacial score (nSPS) is 20.6. The van der Waals surface area contributed by atoms with Gasteiger partial charge in [-0.1, -0.05) is 42.3 Å². The van der Waals surface area contributed by atoms with Gasteiger partial charge in [0.1, 0.15) is 5.75 Å². The minimum Gasteiger partial charge on any atom is -0.490 e. The van der Waals surface area contributed by atoms with Gasteiger partial charge >= 0.3 is 0 Å². The maximum Gasteiger partial charge on any atom is 0.261 e. The van der Waals surface area contributed by atoms with Gasteiger partial charge in [-0.05, 0) is 89.4 Å². The lowest BCUT2D eigenvalue weighted by Crippen LogP contribution is -2.48. The molecular weight excluding hydrogens is 667 g/mol. The minimum atomic E-state index is -3.96. The van der Waals surface area contributed by atoms with Crippen LogP contribution in [-0.2, 0) is 24.8 Å². The van der Waals surface area contributed by atoms with Crippen LogP contribution in [0.5, 0.6) is 5.75 Å². The zero-order valence-corrected chi connectivity index (χ0v) is 30.8. The molecule has 0 bridgehead atoms. The van der Waals surface area contributed by atoms with E-state index < -0.39 is 38.1 Å². The third-order valence-electron chi connectivity index (χ3n) is 8.80. The summed E-state index contributed by atoms with van der Waals surface area (Å²) in [4.78, 5) is 16.2. The summed E-state index contributed by atoms with van der Waals surface area (Å²) >= 11 is 0. The molecule has 3 aromatic carbocycles. The molecule has 2 N–H and O–H groups in total. The van der Waals surface area contributed by atoms with Crippen molar-refractivity contribution in [3.63, 3.8) is 0 Å². The number of aryl methyl sites for hydroxylation is 2. The topological polar surface area (TPSA) is 143 Å². The number of anilines is 1. The van der Waals surface area contributed by atoms with Gasteiger partial charge in [0.15, 0.2) is 0 Å². The quantitative estimate of drug-likeness (QED) is 0.307. The number of ether oxygens (including phenoxy) is 2. The number of benzene rings is 3. The number of carbonyl (C=O) groups excluding carboxylic acids is 1. The van der Waals surface area contributed by atoms with Crippen molar-refractivity contribution in [3.8, 4) is 5.75 Å². The largest absolute Gasteiger partial charge is 0.490 e. The highest BCUT2D eigenvalue weighted by molar-refractivity contribution is 7.92. The summed E-state index contributed by atoms with van der Waals surface area (Å²) in [7, 11) is -6.25. The van der Waals surface area contributed by atoms with E-state index in [1.54, 1.807) is 55.5 Å². The Hall–Kier alpha value is -3.49. The number of hydrogen-bond donors (Lipinski definition) is 2. The van der Waals surface area contributed by atoms with Gasteiger partial charge in [0.25, 0.3) is 15.9 Å². The number of aliphatic hydroxyl groups excluding tert-OH is 1. The first-order chi connectivity index (χ1) is 23.1. The lowest BCUT2D eigenvalue weighted by atomic mass is 10.0. The number of carbonyl (C=O) groups is 1. The molecule has 13 heteroatoms. The molecule has 4 rings (SSSR count). The Kier molecular flexibility index (Phi) is 12.9. The zero-order valence-electron chi connectivity index (χ0n) is 29.1. The predicted molar refractivity (Wildman–Crippen MR) is 190 cm³/mol. The maximum atomic E-state index is 14.4. The SMILES string of the molecule is Cc1ccc(S(=O)(=O)Nc2ccc3c(c2)C(=O)N([C@H](C)CO)C[C@H](C)[C@@H](CN(C)S(=O)(=O)c2ccc(C)cc2)OCCCC[C@H](C)O3)cc1. The first-order valence-electron chi connectivity index (χ1n) is 16.6. The van der Waals surface area contributed by atoms with Crippen LogP contribution in [-0.4, -0.2) is 88.7 Å². The number of nitrogens with one attached hydrogen (secondary N) is 1. The third kappa shape index (κ3) is 9.82. The van der Waals surface area contributed by atoms with E-state index in [0.29, 0.717) is 25.2 Å². The van der Waals surface area contributed by atoms with Crippen LogP contribution >= 0.6 is 0 Å². The molecule has 1 aliphatic heterocycles. The molecule has 1 heterocycles. The molecule has 0 aromatic heterocycles. The van der Waals surface area contributed by atoms with E-state index in [2.05, 4.69) is 4.72 Å². The average Bonchev–Trinajstić information content (AvgIpc) is 3.06. The Labute approximate surface area is 291 Å². The van der Waals surface area contributed by atoms with E-state index in [1.807, 2.05) is 27.7 Å². The fourth-order valence-electron chi connectivity index (χ4n) is 5.62. The molecule has 0 aliphatic carbocycles. The van der Waals surface area contributed by atoms with Crippen LogP contribution in [0.3, 0.4) is 0 Å². The number of nitrogens with zero attached hydrogens (tertiary/aromatic N) is 2. The van der Waals surface area contributed by atoms with E-state index >= 15 is 0 Å². The summed E-state index contributed by atoms with van der Waals surface area (Å²) in [6.07, 6.45) is 1.31. The molecule has 0 radical (unpaired) electrons. The van der Waals surface area contributed by atoms with E-state index in [1.165, 1.54) is 34.5 Å². The molecule has 49 heavy (non-hydrogen) atoms. The molecular formula is C36H49N3O8S2. The minimum absolute atomic E-state index is 0.0496. The van der Waals surface area contributed by atoms with Gasteiger partial charge in [-0.15, -0.1) is 0 Å². The molecule has 0 fully saturated rings. The predicted octanol–water partition coefficient (Wildman–Crippen LogP) is 5.22. The summed E-state index contributed by atoms with van der Waals surface area (Å²) in [6.45, 7) is 9.49. The van der Waals surface area contributed by atoms with E-state index in [-0.39, 0.29) is 52.8 Å². The number of aliphatic hydroxyl groups is 1. The molecule has 268 valence electrons. The van der Waals surface area contributed by atoms with Crippen LogP contribution in [0.4, 0.5) is 5.69 Å². The fourth-order valence-corrected chi connectivity index (χ4v) is 7.85. The van der Waals surface area contributed by atoms with Crippen LogP contribution in [0.1, 0.15) is 61.5 Å². The maximum absolute atomic E-state index is 14.4. The Bertz CT molecular complexity index is 1780. The monoisotopic (exact) mass is 715 g/mol. The molecule has 3 aromatic rings. The molecule has 0 saturated heterocycles. The molecule has 1 aliphatic rings. The van der Waals surface area contributed by atoms with Gasteiger partial charge in [0.05, 0.1) is 40.2 Å². The first kappa shape index (κ1) is 38.3. The van der Waals surface area contributed by atoms with Crippen LogP contribution < -0.4 is 9.46 Å². The Morgan fingerprint density at radius 1 is 0.939 bits per heavy atom. The lowest BCUT2D eigenvalue weighted by molar-refractivity contribution is -0.00833. The van der Waals surface area contributed by atoms with Crippen molar-refractivity contribution in [2.24, 2.45) is 5.92 Å². The van der Waals surface area contributed by atoms with Gasteiger partial charge in [-0.2, -0.15) is 4.31 Å². The standard InChI is InChI=1S/C36H49N3O8S2/c1-25-10-15-31(16-11-25)48(42,43)37-30-14-19-34-33(21-30)36(41)39(28(4)24-40)22-27(3)35(46-20-8-7-9-29(5)47-34)23-38(6)49(44,45)32-17-12-26(2)13-18-32/h10-19,21,27-29,35,37,40H,7-9,20,22-24H2,1-6H3/t27-,28+,29-,35+/m0/s1. The van der Waals surface area contributed by atoms with Crippen LogP contribution in [0.2, 0.25) is 0 Å². The zero-order chi connectivity index (χ0) is 35.9.